The summed E-state index contributed by atoms with van der Waals surface area (Å²) >= 11 is 0. The van der Waals surface area contributed by atoms with Crippen molar-refractivity contribution in [3.8, 4) is 0 Å². The summed E-state index contributed by atoms with van der Waals surface area (Å²) in [5.41, 5.74) is 0.513. The molecule has 0 unspecified atom stereocenters. The van der Waals surface area contributed by atoms with Crippen LogP contribution in [-0.4, -0.2) is 16.7 Å². The van der Waals surface area contributed by atoms with Crippen LogP contribution in [-0.2, 0) is 0 Å². The van der Waals surface area contributed by atoms with Gasteiger partial charge in [-0.1, -0.05) is 6.08 Å². The smallest absolute Gasteiger partial charge is 0.126 e. The SMILES string of the molecule is OCC=Cc1cc(F)ccn1. The molecule has 11 heavy (non-hydrogen) atoms. The molecular weight excluding hydrogens is 145 g/mol. The van der Waals surface area contributed by atoms with Crippen molar-refractivity contribution in [2.24, 2.45) is 0 Å². The van der Waals surface area contributed by atoms with E-state index in [4.69, 9.17) is 5.11 Å². The molecule has 0 aliphatic rings. The van der Waals surface area contributed by atoms with Gasteiger partial charge in [-0.3, -0.25) is 4.98 Å². The lowest BCUT2D eigenvalue weighted by molar-refractivity contribution is 0.343. The average molecular weight is 153 g/mol. The van der Waals surface area contributed by atoms with Gasteiger partial charge in [0, 0.05) is 6.20 Å². The predicted octanol–water partition coefficient (Wildman–Crippen LogP) is 1.23. The van der Waals surface area contributed by atoms with Gasteiger partial charge < -0.3 is 5.11 Å². The van der Waals surface area contributed by atoms with E-state index in [-0.39, 0.29) is 12.4 Å². The highest BCUT2D eigenvalue weighted by Gasteiger charge is 1.89. The molecule has 1 aromatic heterocycles. The fourth-order valence-electron chi connectivity index (χ4n) is 0.686. The minimum Gasteiger partial charge on any atom is -0.392 e. The van der Waals surface area contributed by atoms with Crippen LogP contribution in [0.4, 0.5) is 4.39 Å². The van der Waals surface area contributed by atoms with Crippen LogP contribution >= 0.6 is 0 Å². The van der Waals surface area contributed by atoms with Crippen LogP contribution in [0.1, 0.15) is 5.69 Å². The number of aliphatic hydroxyl groups excluding tert-OH is 1. The van der Waals surface area contributed by atoms with Gasteiger partial charge >= 0.3 is 0 Å². The van der Waals surface area contributed by atoms with Gasteiger partial charge in [0.2, 0.25) is 0 Å². The Morgan fingerprint density at radius 3 is 3.09 bits per heavy atom. The van der Waals surface area contributed by atoms with Crippen LogP contribution in [0, 0.1) is 5.82 Å². The lowest BCUT2D eigenvalue weighted by atomic mass is 10.3. The Kier molecular flexibility index (Phi) is 2.74. The molecule has 0 bridgehead atoms. The molecule has 1 rings (SSSR count). The van der Waals surface area contributed by atoms with E-state index >= 15 is 0 Å². The van der Waals surface area contributed by atoms with E-state index in [0.29, 0.717) is 5.69 Å². The van der Waals surface area contributed by atoms with E-state index in [1.165, 1.54) is 24.4 Å². The van der Waals surface area contributed by atoms with Crippen LogP contribution < -0.4 is 0 Å². The summed E-state index contributed by atoms with van der Waals surface area (Å²) in [6, 6.07) is 2.57. The van der Waals surface area contributed by atoms with E-state index in [2.05, 4.69) is 4.98 Å². The number of aliphatic hydroxyl groups is 1. The van der Waals surface area contributed by atoms with E-state index < -0.39 is 0 Å². The Hall–Kier alpha value is -1.22. The third-order valence-corrected chi connectivity index (χ3v) is 1.14. The van der Waals surface area contributed by atoms with Gasteiger partial charge in [-0.15, -0.1) is 0 Å². The zero-order chi connectivity index (χ0) is 8.10. The van der Waals surface area contributed by atoms with Crippen molar-refractivity contribution in [3.63, 3.8) is 0 Å². The molecule has 1 heterocycles. The summed E-state index contributed by atoms with van der Waals surface area (Å²) in [5, 5.41) is 8.39. The monoisotopic (exact) mass is 153 g/mol. The maximum absolute atomic E-state index is 12.5. The Morgan fingerprint density at radius 1 is 1.64 bits per heavy atom. The highest BCUT2D eigenvalue weighted by molar-refractivity contribution is 5.43. The van der Waals surface area contributed by atoms with Crippen molar-refractivity contribution in [2.45, 2.75) is 0 Å². The highest BCUT2D eigenvalue weighted by atomic mass is 19.1. The molecule has 0 aliphatic carbocycles. The highest BCUT2D eigenvalue weighted by Crippen LogP contribution is 2.00. The molecular formula is C8H8FNO. The molecule has 0 fully saturated rings. The van der Waals surface area contributed by atoms with Crippen LogP contribution in [0.2, 0.25) is 0 Å². The summed E-state index contributed by atoms with van der Waals surface area (Å²) in [5.74, 6) is -0.322. The molecule has 0 atom stereocenters. The van der Waals surface area contributed by atoms with Gasteiger partial charge in [-0.2, -0.15) is 0 Å². The first-order valence-corrected chi connectivity index (χ1v) is 3.22. The molecule has 0 amide bonds. The molecule has 0 spiro atoms. The number of halogens is 1. The third-order valence-electron chi connectivity index (χ3n) is 1.14. The Bertz CT molecular complexity index is 260. The normalized spacial score (nSPS) is 10.7. The molecule has 0 saturated heterocycles. The number of hydrogen-bond donors (Lipinski definition) is 1. The minimum absolute atomic E-state index is 0.0573. The molecule has 0 aromatic carbocycles. The molecule has 0 radical (unpaired) electrons. The molecule has 1 N–H and O–H groups in total. The first kappa shape index (κ1) is 7.88. The van der Waals surface area contributed by atoms with E-state index in [1.807, 2.05) is 0 Å². The molecule has 0 saturated carbocycles. The van der Waals surface area contributed by atoms with Gasteiger partial charge in [0.25, 0.3) is 0 Å². The second-order valence-electron chi connectivity index (χ2n) is 1.98. The molecule has 58 valence electrons. The summed E-state index contributed by atoms with van der Waals surface area (Å²) in [6.07, 6.45) is 4.44. The number of nitrogens with zero attached hydrogens (tertiary/aromatic N) is 1. The number of rotatable bonds is 2. The van der Waals surface area contributed by atoms with E-state index in [1.54, 1.807) is 6.08 Å². The maximum Gasteiger partial charge on any atom is 0.126 e. The molecule has 2 nitrogen and oxygen atoms in total. The first-order chi connectivity index (χ1) is 5.33. The van der Waals surface area contributed by atoms with Crippen molar-refractivity contribution in [3.05, 3.63) is 35.9 Å². The molecule has 3 heteroatoms. The number of pyridine rings is 1. The fraction of sp³-hybridized carbons (Fsp3) is 0.125. The van der Waals surface area contributed by atoms with Crippen molar-refractivity contribution in [1.29, 1.82) is 0 Å². The van der Waals surface area contributed by atoms with Crippen molar-refractivity contribution in [2.75, 3.05) is 6.61 Å². The quantitative estimate of drug-likeness (QED) is 0.693. The van der Waals surface area contributed by atoms with Gasteiger partial charge in [-0.05, 0) is 18.2 Å². The van der Waals surface area contributed by atoms with E-state index in [9.17, 15) is 4.39 Å². The summed E-state index contributed by atoms with van der Waals surface area (Å²) in [6.45, 7) is -0.0573. The van der Waals surface area contributed by atoms with Crippen molar-refractivity contribution in [1.82, 2.24) is 4.98 Å². The van der Waals surface area contributed by atoms with Gasteiger partial charge in [0.1, 0.15) is 5.82 Å². The van der Waals surface area contributed by atoms with E-state index in [0.717, 1.165) is 0 Å². The largest absolute Gasteiger partial charge is 0.392 e. The summed E-state index contributed by atoms with van der Waals surface area (Å²) in [4.78, 5) is 3.84. The Labute approximate surface area is 64.0 Å². The van der Waals surface area contributed by atoms with Crippen molar-refractivity contribution < 1.29 is 9.50 Å². The van der Waals surface area contributed by atoms with Gasteiger partial charge in [0.05, 0.1) is 12.3 Å². The lowest BCUT2D eigenvalue weighted by Crippen LogP contribution is -1.82. The van der Waals surface area contributed by atoms with Gasteiger partial charge in [-0.25, -0.2) is 4.39 Å². The van der Waals surface area contributed by atoms with Crippen molar-refractivity contribution >= 4 is 6.08 Å². The standard InChI is InChI=1S/C8H8FNO/c9-7-3-4-10-8(6-7)2-1-5-11/h1-4,6,11H,5H2. The topological polar surface area (TPSA) is 33.1 Å². The zero-order valence-corrected chi connectivity index (χ0v) is 5.87. The summed E-state index contributed by atoms with van der Waals surface area (Å²) < 4.78 is 12.5. The predicted molar refractivity (Wildman–Crippen MR) is 40.3 cm³/mol. The number of aromatic nitrogens is 1. The summed E-state index contributed by atoms with van der Waals surface area (Å²) in [7, 11) is 0. The Balaban J connectivity index is 2.79. The molecule has 1 aromatic rings. The Morgan fingerprint density at radius 2 is 2.45 bits per heavy atom. The third kappa shape index (κ3) is 2.47. The first-order valence-electron chi connectivity index (χ1n) is 3.22. The average Bonchev–Trinajstić information content (AvgIpc) is 2.01. The minimum atomic E-state index is -0.322. The lowest BCUT2D eigenvalue weighted by Gasteiger charge is -1.90. The second kappa shape index (κ2) is 3.83. The molecule has 0 aliphatic heterocycles. The maximum atomic E-state index is 12.5. The fourth-order valence-corrected chi connectivity index (χ4v) is 0.686. The second-order valence-corrected chi connectivity index (χ2v) is 1.98. The number of hydrogen-bond acceptors (Lipinski definition) is 2. The van der Waals surface area contributed by atoms with Crippen LogP contribution in [0.3, 0.4) is 0 Å². The van der Waals surface area contributed by atoms with Crippen LogP contribution in [0.5, 0.6) is 0 Å². The zero-order valence-electron chi connectivity index (χ0n) is 5.87. The van der Waals surface area contributed by atoms with Crippen LogP contribution in [0.25, 0.3) is 6.08 Å². The van der Waals surface area contributed by atoms with Gasteiger partial charge in [0.15, 0.2) is 0 Å². The van der Waals surface area contributed by atoms with Crippen LogP contribution in [0.15, 0.2) is 24.4 Å².